The summed E-state index contributed by atoms with van der Waals surface area (Å²) in [5, 5.41) is 3.32. The van der Waals surface area contributed by atoms with Crippen LogP contribution in [0.15, 0.2) is 34.1 Å². The van der Waals surface area contributed by atoms with E-state index in [1.165, 1.54) is 25.7 Å². The highest BCUT2D eigenvalue weighted by molar-refractivity contribution is 14.0. The zero-order valence-corrected chi connectivity index (χ0v) is 16.2. The molecule has 0 saturated heterocycles. The zero-order chi connectivity index (χ0) is 16.1. The number of aliphatic imine (C=N–C) groups is 1. The van der Waals surface area contributed by atoms with E-state index in [9.17, 15) is 4.79 Å². The second-order valence-electron chi connectivity index (χ2n) is 6.20. The van der Waals surface area contributed by atoms with Crippen molar-refractivity contribution in [1.29, 1.82) is 0 Å². The summed E-state index contributed by atoms with van der Waals surface area (Å²) in [4.78, 5) is 19.2. The van der Waals surface area contributed by atoms with Gasteiger partial charge in [-0.15, -0.1) is 24.0 Å². The predicted molar refractivity (Wildman–Crippen MR) is 109 cm³/mol. The van der Waals surface area contributed by atoms with Crippen molar-refractivity contribution in [2.24, 2.45) is 10.7 Å². The van der Waals surface area contributed by atoms with Crippen LogP contribution in [0.2, 0.25) is 0 Å². The first kappa shape index (κ1) is 18.8. The lowest BCUT2D eigenvalue weighted by Gasteiger charge is -2.16. The first-order valence-electron chi connectivity index (χ1n) is 8.48. The number of rotatable bonds is 4. The fourth-order valence-corrected chi connectivity index (χ4v) is 3.28. The smallest absolute Gasteiger partial charge is 0.326 e. The van der Waals surface area contributed by atoms with E-state index in [1.807, 2.05) is 24.3 Å². The molecule has 0 unspecified atom stereocenters. The van der Waals surface area contributed by atoms with Gasteiger partial charge in [0.2, 0.25) is 0 Å². The maximum atomic E-state index is 12.0. The van der Waals surface area contributed by atoms with Gasteiger partial charge in [-0.1, -0.05) is 37.8 Å². The number of aromatic amines is 1. The molecule has 1 fully saturated rings. The number of halogens is 1. The van der Waals surface area contributed by atoms with Gasteiger partial charge in [0.1, 0.15) is 0 Å². The van der Waals surface area contributed by atoms with Crippen molar-refractivity contribution in [3.8, 4) is 0 Å². The molecule has 1 heterocycles. The molecule has 0 aliphatic heterocycles. The number of imidazole rings is 1. The van der Waals surface area contributed by atoms with E-state index >= 15 is 0 Å². The second kappa shape index (κ2) is 9.10. The molecule has 0 radical (unpaired) electrons. The number of nitrogens with two attached hydrogens (primary N) is 1. The molecule has 1 aliphatic rings. The number of nitrogens with zero attached hydrogens (tertiary/aromatic N) is 2. The quantitative estimate of drug-likeness (QED) is 0.294. The van der Waals surface area contributed by atoms with Crippen LogP contribution in [0.5, 0.6) is 0 Å². The van der Waals surface area contributed by atoms with Crippen LogP contribution in [-0.4, -0.2) is 28.1 Å². The average Bonchev–Trinajstić information content (AvgIpc) is 2.71. The van der Waals surface area contributed by atoms with Gasteiger partial charge < -0.3 is 16.0 Å². The van der Waals surface area contributed by atoms with E-state index < -0.39 is 0 Å². The summed E-state index contributed by atoms with van der Waals surface area (Å²) < 4.78 is 1.71. The largest absolute Gasteiger partial charge is 0.370 e. The Hall–Kier alpha value is -1.51. The molecule has 6 nitrogen and oxygen atoms in total. The van der Waals surface area contributed by atoms with Gasteiger partial charge in [-0.25, -0.2) is 4.79 Å². The fourth-order valence-electron chi connectivity index (χ4n) is 3.28. The van der Waals surface area contributed by atoms with Crippen LogP contribution < -0.4 is 16.7 Å². The lowest BCUT2D eigenvalue weighted by atomic mass is 10.1. The van der Waals surface area contributed by atoms with Crippen molar-refractivity contribution in [2.45, 2.75) is 51.1 Å². The lowest BCUT2D eigenvalue weighted by Crippen LogP contribution is -2.40. The number of H-pyrrole nitrogens is 1. The zero-order valence-electron chi connectivity index (χ0n) is 13.8. The molecule has 7 heteroatoms. The van der Waals surface area contributed by atoms with E-state index in [0.29, 0.717) is 25.1 Å². The minimum absolute atomic E-state index is 0. The van der Waals surface area contributed by atoms with Crippen molar-refractivity contribution in [3.63, 3.8) is 0 Å². The van der Waals surface area contributed by atoms with Gasteiger partial charge in [0, 0.05) is 12.6 Å². The van der Waals surface area contributed by atoms with E-state index in [-0.39, 0.29) is 29.7 Å². The number of hydrogen-bond donors (Lipinski definition) is 3. The highest BCUT2D eigenvalue weighted by Crippen LogP contribution is 2.16. The first-order chi connectivity index (χ1) is 11.2. The minimum Gasteiger partial charge on any atom is -0.370 e. The van der Waals surface area contributed by atoms with E-state index in [2.05, 4.69) is 15.3 Å². The molecule has 2 aromatic rings. The van der Waals surface area contributed by atoms with Crippen LogP contribution in [-0.2, 0) is 6.54 Å². The molecule has 1 aromatic carbocycles. The molecule has 132 valence electrons. The molecule has 24 heavy (non-hydrogen) atoms. The highest BCUT2D eigenvalue weighted by atomic mass is 127. The van der Waals surface area contributed by atoms with E-state index in [4.69, 9.17) is 5.73 Å². The van der Waals surface area contributed by atoms with Crippen molar-refractivity contribution < 1.29 is 0 Å². The van der Waals surface area contributed by atoms with Gasteiger partial charge in [0.15, 0.2) is 5.96 Å². The third-order valence-electron chi connectivity index (χ3n) is 4.49. The van der Waals surface area contributed by atoms with Crippen LogP contribution in [0.3, 0.4) is 0 Å². The normalized spacial score (nSPS) is 16.6. The molecule has 1 saturated carbocycles. The highest BCUT2D eigenvalue weighted by Gasteiger charge is 2.12. The molecule has 0 amide bonds. The molecule has 1 aromatic heterocycles. The lowest BCUT2D eigenvalue weighted by molar-refractivity contribution is 0.529. The second-order valence-corrected chi connectivity index (χ2v) is 6.20. The summed E-state index contributed by atoms with van der Waals surface area (Å²) in [6.07, 6.45) is 7.49. The predicted octanol–water partition coefficient (Wildman–Crippen LogP) is 2.57. The van der Waals surface area contributed by atoms with Crippen molar-refractivity contribution in [1.82, 2.24) is 14.9 Å². The SMILES string of the molecule is I.NC(=NCCn1c(=O)[nH]c2ccccc21)NC1CCCCCC1. The van der Waals surface area contributed by atoms with Crippen molar-refractivity contribution in [2.75, 3.05) is 6.54 Å². The minimum atomic E-state index is -0.100. The van der Waals surface area contributed by atoms with Gasteiger partial charge >= 0.3 is 5.69 Å². The Morgan fingerprint density at radius 2 is 1.96 bits per heavy atom. The Balaban J connectivity index is 0.00000208. The summed E-state index contributed by atoms with van der Waals surface area (Å²) in [6, 6.07) is 8.12. The Bertz CT molecular complexity index is 728. The molecular formula is C17H26IN5O. The summed E-state index contributed by atoms with van der Waals surface area (Å²) >= 11 is 0. The Morgan fingerprint density at radius 1 is 1.25 bits per heavy atom. The molecule has 3 rings (SSSR count). The summed E-state index contributed by atoms with van der Waals surface area (Å²) in [5.41, 5.74) is 7.65. The number of guanidine groups is 1. The van der Waals surface area contributed by atoms with Gasteiger partial charge in [-0.05, 0) is 25.0 Å². The van der Waals surface area contributed by atoms with Gasteiger partial charge in [-0.3, -0.25) is 9.56 Å². The number of hydrogen-bond acceptors (Lipinski definition) is 2. The Kier molecular flexibility index (Phi) is 7.14. The van der Waals surface area contributed by atoms with Crippen LogP contribution in [0.25, 0.3) is 11.0 Å². The third kappa shape index (κ3) is 4.75. The van der Waals surface area contributed by atoms with Crippen molar-refractivity contribution >= 4 is 41.0 Å². The Morgan fingerprint density at radius 3 is 2.71 bits per heavy atom. The van der Waals surface area contributed by atoms with Crippen molar-refractivity contribution in [3.05, 3.63) is 34.7 Å². The van der Waals surface area contributed by atoms with E-state index in [1.54, 1.807) is 4.57 Å². The molecule has 0 atom stereocenters. The number of benzene rings is 1. The van der Waals surface area contributed by atoms with Crippen LogP contribution in [0.1, 0.15) is 38.5 Å². The van der Waals surface area contributed by atoms with Gasteiger partial charge in [-0.2, -0.15) is 0 Å². The summed E-state index contributed by atoms with van der Waals surface area (Å²) in [7, 11) is 0. The molecule has 0 spiro atoms. The summed E-state index contributed by atoms with van der Waals surface area (Å²) in [5.74, 6) is 0.491. The maximum absolute atomic E-state index is 12.0. The summed E-state index contributed by atoms with van der Waals surface area (Å²) in [6.45, 7) is 1.02. The topological polar surface area (TPSA) is 88.2 Å². The standard InChI is InChI=1S/C17H25N5O.HI/c18-16(20-13-7-3-1-2-4-8-13)19-11-12-22-15-10-6-5-9-14(15)21-17(22)23;/h5-6,9-10,13H,1-4,7-8,11-12H2,(H,21,23)(H3,18,19,20);1H. The van der Waals surface area contributed by atoms with Crippen LogP contribution in [0, 0.1) is 0 Å². The number of aromatic nitrogens is 2. The maximum Gasteiger partial charge on any atom is 0.326 e. The van der Waals surface area contributed by atoms with Crippen LogP contribution >= 0.6 is 24.0 Å². The molecular weight excluding hydrogens is 417 g/mol. The fraction of sp³-hybridized carbons (Fsp3) is 0.529. The molecule has 1 aliphatic carbocycles. The first-order valence-corrected chi connectivity index (χ1v) is 8.48. The third-order valence-corrected chi connectivity index (χ3v) is 4.49. The Labute approximate surface area is 158 Å². The monoisotopic (exact) mass is 443 g/mol. The molecule has 4 N–H and O–H groups in total. The number of para-hydroxylation sites is 2. The van der Waals surface area contributed by atoms with Gasteiger partial charge in [0.05, 0.1) is 17.6 Å². The number of fused-ring (bicyclic) bond motifs is 1. The number of nitrogens with one attached hydrogen (secondary N) is 2. The van der Waals surface area contributed by atoms with Gasteiger partial charge in [0.25, 0.3) is 0 Å². The van der Waals surface area contributed by atoms with Crippen LogP contribution in [0.4, 0.5) is 0 Å². The average molecular weight is 443 g/mol. The molecule has 0 bridgehead atoms. The van der Waals surface area contributed by atoms with E-state index in [0.717, 1.165) is 23.9 Å².